The molecular formula is C25H28N2O5. The first-order valence-electron chi connectivity index (χ1n) is 11.0. The van der Waals surface area contributed by atoms with Gasteiger partial charge in [-0.2, -0.15) is 0 Å². The maximum Gasteiger partial charge on any atom is 0.407 e. The molecule has 7 heteroatoms. The third-order valence-electron chi connectivity index (χ3n) is 6.22. The average molecular weight is 437 g/mol. The van der Waals surface area contributed by atoms with Crippen molar-refractivity contribution in [3.05, 3.63) is 59.7 Å². The molecule has 2 aromatic rings. The first-order valence-corrected chi connectivity index (χ1v) is 11.0. The quantitative estimate of drug-likeness (QED) is 0.587. The lowest BCUT2D eigenvalue weighted by Crippen LogP contribution is -2.54. The van der Waals surface area contributed by atoms with Crippen LogP contribution in [0.3, 0.4) is 0 Å². The molecule has 1 fully saturated rings. The van der Waals surface area contributed by atoms with Crippen molar-refractivity contribution in [2.45, 2.75) is 44.7 Å². The lowest BCUT2D eigenvalue weighted by Gasteiger charge is -2.23. The first kappa shape index (κ1) is 21.9. The van der Waals surface area contributed by atoms with Gasteiger partial charge in [-0.15, -0.1) is 0 Å². The lowest BCUT2D eigenvalue weighted by molar-refractivity contribution is -0.143. The van der Waals surface area contributed by atoms with Crippen molar-refractivity contribution in [1.29, 1.82) is 0 Å². The number of carboxylic acids is 1. The van der Waals surface area contributed by atoms with Gasteiger partial charge in [0.05, 0.1) is 0 Å². The van der Waals surface area contributed by atoms with Crippen LogP contribution in [-0.2, 0) is 14.3 Å². The van der Waals surface area contributed by atoms with E-state index in [1.54, 1.807) is 13.8 Å². The van der Waals surface area contributed by atoms with Gasteiger partial charge >= 0.3 is 12.1 Å². The Labute approximate surface area is 187 Å². The van der Waals surface area contributed by atoms with Crippen LogP contribution < -0.4 is 10.6 Å². The highest BCUT2D eigenvalue weighted by Gasteiger charge is 2.39. The number of ether oxygens (including phenoxy) is 1. The third kappa shape index (κ3) is 4.47. The molecule has 2 amide bonds. The molecule has 0 bridgehead atoms. The zero-order valence-corrected chi connectivity index (χ0v) is 18.2. The van der Waals surface area contributed by atoms with Gasteiger partial charge in [-0.1, -0.05) is 62.4 Å². The Morgan fingerprint density at radius 2 is 1.53 bits per heavy atom. The Hall–Kier alpha value is -3.35. The number of carbonyl (C=O) groups excluding carboxylic acids is 2. The van der Waals surface area contributed by atoms with Crippen LogP contribution in [0.1, 0.15) is 43.7 Å². The van der Waals surface area contributed by atoms with E-state index >= 15 is 0 Å². The predicted molar refractivity (Wildman–Crippen MR) is 119 cm³/mol. The number of alkyl carbamates (subject to hydrolysis) is 1. The second-order valence-corrected chi connectivity index (χ2v) is 8.85. The Bertz CT molecular complexity index is 985. The molecule has 0 aliphatic heterocycles. The Kier molecular flexibility index (Phi) is 6.17. The van der Waals surface area contributed by atoms with Crippen LogP contribution in [-0.4, -0.2) is 41.8 Å². The van der Waals surface area contributed by atoms with Gasteiger partial charge in [0.1, 0.15) is 18.7 Å². The Morgan fingerprint density at radius 1 is 0.969 bits per heavy atom. The number of nitrogens with one attached hydrogen (secondary N) is 2. The van der Waals surface area contributed by atoms with Gasteiger partial charge in [0.15, 0.2) is 0 Å². The fraction of sp³-hybridized carbons (Fsp3) is 0.400. The number of rotatable bonds is 8. The molecule has 32 heavy (non-hydrogen) atoms. The van der Waals surface area contributed by atoms with E-state index in [1.165, 1.54) is 0 Å². The van der Waals surface area contributed by atoms with E-state index < -0.39 is 30.1 Å². The maximum atomic E-state index is 12.7. The normalized spacial score (nSPS) is 16.6. The van der Waals surface area contributed by atoms with Crippen LogP contribution in [0, 0.1) is 11.8 Å². The SMILES string of the molecule is CC(C)[C@H](NC(=O)C(NC(=O)OCC1c2ccccc2-c2ccccc21)C1CC1)C(=O)O. The van der Waals surface area contributed by atoms with Crippen LogP contribution in [0.4, 0.5) is 4.79 Å². The Balaban J connectivity index is 1.41. The molecule has 7 nitrogen and oxygen atoms in total. The summed E-state index contributed by atoms with van der Waals surface area (Å²) < 4.78 is 5.55. The average Bonchev–Trinajstić information content (AvgIpc) is 3.56. The van der Waals surface area contributed by atoms with E-state index in [0.29, 0.717) is 0 Å². The van der Waals surface area contributed by atoms with Crippen molar-refractivity contribution in [2.24, 2.45) is 11.8 Å². The van der Waals surface area contributed by atoms with E-state index in [1.807, 2.05) is 36.4 Å². The van der Waals surface area contributed by atoms with Crippen LogP contribution in [0.5, 0.6) is 0 Å². The van der Waals surface area contributed by atoms with Crippen LogP contribution >= 0.6 is 0 Å². The third-order valence-corrected chi connectivity index (χ3v) is 6.22. The minimum Gasteiger partial charge on any atom is -0.480 e. The lowest BCUT2D eigenvalue weighted by atomic mass is 9.98. The van der Waals surface area contributed by atoms with E-state index in [0.717, 1.165) is 35.1 Å². The molecule has 0 aromatic heterocycles. The van der Waals surface area contributed by atoms with Gasteiger partial charge in [-0.25, -0.2) is 9.59 Å². The number of carbonyl (C=O) groups is 3. The number of amides is 2. The maximum absolute atomic E-state index is 12.7. The highest BCUT2D eigenvalue weighted by Crippen LogP contribution is 2.44. The fourth-order valence-corrected chi connectivity index (χ4v) is 4.35. The molecular weight excluding hydrogens is 408 g/mol. The van der Waals surface area contributed by atoms with Crippen LogP contribution in [0.15, 0.2) is 48.5 Å². The summed E-state index contributed by atoms with van der Waals surface area (Å²) in [5, 5.41) is 14.6. The number of benzene rings is 2. The van der Waals surface area contributed by atoms with Crippen LogP contribution in [0.2, 0.25) is 0 Å². The zero-order valence-electron chi connectivity index (χ0n) is 18.2. The topological polar surface area (TPSA) is 105 Å². The molecule has 2 aliphatic rings. The summed E-state index contributed by atoms with van der Waals surface area (Å²) >= 11 is 0. The summed E-state index contributed by atoms with van der Waals surface area (Å²) in [6.07, 6.45) is 0.942. The predicted octanol–water partition coefficient (Wildman–Crippen LogP) is 3.53. The molecule has 3 N–H and O–H groups in total. The smallest absolute Gasteiger partial charge is 0.407 e. The van der Waals surface area contributed by atoms with Gasteiger partial charge in [-0.05, 0) is 46.9 Å². The summed E-state index contributed by atoms with van der Waals surface area (Å²) in [5.41, 5.74) is 4.50. The van der Waals surface area contributed by atoms with Crippen molar-refractivity contribution < 1.29 is 24.2 Å². The first-order chi connectivity index (χ1) is 15.4. The standard InChI is InChI=1S/C25H28N2O5/c1-14(2)21(24(29)30)26-23(28)22(15-11-12-15)27-25(31)32-13-20-18-9-5-3-7-16(18)17-8-4-6-10-19(17)20/h3-10,14-15,20-22H,11-13H2,1-2H3,(H,26,28)(H,27,31)(H,29,30)/t21-,22?/m0/s1. The summed E-state index contributed by atoms with van der Waals surface area (Å²) in [6, 6.07) is 14.3. The van der Waals surface area contributed by atoms with Crippen molar-refractivity contribution in [1.82, 2.24) is 10.6 Å². The number of hydrogen-bond donors (Lipinski definition) is 3. The summed E-state index contributed by atoms with van der Waals surface area (Å²) in [7, 11) is 0. The van der Waals surface area contributed by atoms with Gasteiger partial charge in [0, 0.05) is 5.92 Å². The minimum atomic E-state index is -1.09. The second kappa shape index (κ2) is 9.02. The molecule has 1 unspecified atom stereocenters. The van der Waals surface area contributed by atoms with E-state index in [2.05, 4.69) is 22.8 Å². The van der Waals surface area contributed by atoms with Gasteiger partial charge < -0.3 is 20.5 Å². The second-order valence-electron chi connectivity index (χ2n) is 8.85. The van der Waals surface area contributed by atoms with E-state index in [4.69, 9.17) is 4.74 Å². The Morgan fingerprint density at radius 3 is 2.03 bits per heavy atom. The fourth-order valence-electron chi connectivity index (χ4n) is 4.35. The van der Waals surface area contributed by atoms with Gasteiger partial charge in [0.25, 0.3) is 0 Å². The molecule has 0 heterocycles. The number of fused-ring (bicyclic) bond motifs is 3. The number of hydrogen-bond acceptors (Lipinski definition) is 4. The molecule has 0 saturated heterocycles. The van der Waals surface area contributed by atoms with E-state index in [9.17, 15) is 19.5 Å². The molecule has 2 atom stereocenters. The van der Waals surface area contributed by atoms with Gasteiger partial charge in [0.2, 0.25) is 5.91 Å². The molecule has 1 saturated carbocycles. The number of aliphatic carboxylic acids is 1. The van der Waals surface area contributed by atoms with Crippen molar-refractivity contribution in [3.63, 3.8) is 0 Å². The largest absolute Gasteiger partial charge is 0.480 e. The summed E-state index contributed by atoms with van der Waals surface area (Å²) in [5.74, 6) is -1.92. The molecule has 2 aliphatic carbocycles. The summed E-state index contributed by atoms with van der Waals surface area (Å²) in [6.45, 7) is 3.61. The van der Waals surface area contributed by atoms with Crippen molar-refractivity contribution in [2.75, 3.05) is 6.61 Å². The molecule has 0 spiro atoms. The van der Waals surface area contributed by atoms with Crippen molar-refractivity contribution in [3.8, 4) is 11.1 Å². The van der Waals surface area contributed by atoms with Gasteiger partial charge in [-0.3, -0.25) is 4.79 Å². The molecule has 168 valence electrons. The number of carboxylic acid groups (broad SMARTS) is 1. The molecule has 0 radical (unpaired) electrons. The molecule has 2 aromatic carbocycles. The van der Waals surface area contributed by atoms with Crippen LogP contribution in [0.25, 0.3) is 11.1 Å². The zero-order chi connectivity index (χ0) is 22.8. The van der Waals surface area contributed by atoms with Crippen molar-refractivity contribution >= 4 is 18.0 Å². The monoisotopic (exact) mass is 436 g/mol. The minimum absolute atomic E-state index is 0.00269. The highest BCUT2D eigenvalue weighted by molar-refractivity contribution is 5.90. The summed E-state index contributed by atoms with van der Waals surface area (Å²) in [4.78, 5) is 36.7. The molecule has 4 rings (SSSR count). The van der Waals surface area contributed by atoms with E-state index in [-0.39, 0.29) is 24.4 Å². The highest BCUT2D eigenvalue weighted by atomic mass is 16.5.